The fourth-order valence-electron chi connectivity index (χ4n) is 1.09. The summed E-state index contributed by atoms with van der Waals surface area (Å²) >= 11 is 0. The van der Waals surface area contributed by atoms with Crippen LogP contribution in [0.25, 0.3) is 0 Å². The van der Waals surface area contributed by atoms with Crippen LogP contribution in [0.3, 0.4) is 0 Å². The van der Waals surface area contributed by atoms with Crippen molar-refractivity contribution in [3.05, 3.63) is 0 Å². The van der Waals surface area contributed by atoms with Crippen molar-refractivity contribution in [2.75, 3.05) is 6.54 Å². The number of hydrogen-bond donors (Lipinski definition) is 3. The second-order valence-electron chi connectivity index (χ2n) is 6.56. The van der Waals surface area contributed by atoms with Crippen molar-refractivity contribution in [2.45, 2.75) is 65.7 Å². The van der Waals surface area contributed by atoms with E-state index in [2.05, 4.69) is 16.2 Å². The lowest BCUT2D eigenvalue weighted by atomic mass is 10.2. The molecule has 3 N–H and O–H groups in total. The molecule has 1 unspecified atom stereocenters. The first-order valence-electron chi connectivity index (χ1n) is 6.60. The van der Waals surface area contributed by atoms with Crippen molar-refractivity contribution in [1.82, 2.24) is 16.2 Å². The Hall–Kier alpha value is -1.50. The normalized spacial score (nSPS) is 13.3. The van der Waals surface area contributed by atoms with E-state index >= 15 is 0 Å². The summed E-state index contributed by atoms with van der Waals surface area (Å²) in [7, 11) is 0. The molecule has 0 heterocycles. The quantitative estimate of drug-likeness (QED) is 0.688. The first kappa shape index (κ1) is 18.5. The van der Waals surface area contributed by atoms with Crippen LogP contribution in [0, 0.1) is 0 Å². The van der Waals surface area contributed by atoms with Gasteiger partial charge in [0.1, 0.15) is 11.2 Å². The summed E-state index contributed by atoms with van der Waals surface area (Å²) < 4.78 is 10.1. The summed E-state index contributed by atoms with van der Waals surface area (Å²) in [5.74, 6) is 0. The topological polar surface area (TPSA) is 88.7 Å². The SMILES string of the molecule is CC(CNC(=O)OC(C)(C)C)NNC(=O)OC(C)(C)C. The molecule has 0 spiro atoms. The van der Waals surface area contributed by atoms with Gasteiger partial charge in [0.2, 0.25) is 0 Å². The van der Waals surface area contributed by atoms with E-state index in [1.165, 1.54) is 0 Å². The first-order chi connectivity index (χ1) is 8.89. The predicted octanol–water partition coefficient (Wildman–Crippen LogP) is 1.93. The third kappa shape index (κ3) is 11.6. The zero-order valence-electron chi connectivity index (χ0n) is 13.4. The van der Waals surface area contributed by atoms with Crippen molar-refractivity contribution >= 4 is 12.2 Å². The van der Waals surface area contributed by atoms with Gasteiger partial charge in [0.05, 0.1) is 0 Å². The van der Waals surface area contributed by atoms with Gasteiger partial charge in [-0.05, 0) is 48.5 Å². The molecule has 0 aliphatic carbocycles. The Morgan fingerprint density at radius 2 is 1.40 bits per heavy atom. The summed E-state index contributed by atoms with van der Waals surface area (Å²) in [5, 5.41) is 2.60. The van der Waals surface area contributed by atoms with Crippen molar-refractivity contribution in [3.8, 4) is 0 Å². The van der Waals surface area contributed by atoms with Crippen molar-refractivity contribution < 1.29 is 19.1 Å². The Labute approximate surface area is 120 Å². The number of rotatable bonds is 4. The molecule has 7 nitrogen and oxygen atoms in total. The van der Waals surface area contributed by atoms with Gasteiger partial charge in [-0.3, -0.25) is 5.43 Å². The highest BCUT2D eigenvalue weighted by Crippen LogP contribution is 2.06. The molecule has 0 aliphatic heterocycles. The van der Waals surface area contributed by atoms with Crippen LogP contribution >= 0.6 is 0 Å². The Morgan fingerprint density at radius 1 is 0.950 bits per heavy atom. The minimum Gasteiger partial charge on any atom is -0.444 e. The smallest absolute Gasteiger partial charge is 0.422 e. The lowest BCUT2D eigenvalue weighted by Crippen LogP contribution is -2.49. The zero-order valence-corrected chi connectivity index (χ0v) is 13.4. The third-order valence-electron chi connectivity index (χ3n) is 1.77. The summed E-state index contributed by atoms with van der Waals surface area (Å²) in [4.78, 5) is 22.8. The number of ether oxygens (including phenoxy) is 2. The van der Waals surface area contributed by atoms with Gasteiger partial charge in [-0.25, -0.2) is 15.0 Å². The van der Waals surface area contributed by atoms with Crippen LogP contribution in [0.15, 0.2) is 0 Å². The van der Waals surface area contributed by atoms with E-state index in [1.807, 2.05) is 0 Å². The van der Waals surface area contributed by atoms with E-state index in [0.29, 0.717) is 6.54 Å². The van der Waals surface area contributed by atoms with Gasteiger partial charge in [0.15, 0.2) is 0 Å². The molecule has 118 valence electrons. The number of alkyl carbamates (subject to hydrolysis) is 1. The van der Waals surface area contributed by atoms with Gasteiger partial charge in [0.25, 0.3) is 0 Å². The number of hydrazine groups is 1. The lowest BCUT2D eigenvalue weighted by molar-refractivity contribution is 0.0485. The summed E-state index contributed by atoms with van der Waals surface area (Å²) in [6.07, 6.45) is -1.06. The van der Waals surface area contributed by atoms with Crippen molar-refractivity contribution in [2.24, 2.45) is 0 Å². The van der Waals surface area contributed by atoms with Crippen LogP contribution in [0.1, 0.15) is 48.5 Å². The highest BCUT2D eigenvalue weighted by atomic mass is 16.6. The summed E-state index contributed by atoms with van der Waals surface area (Å²) in [6.45, 7) is 12.8. The fourth-order valence-corrected chi connectivity index (χ4v) is 1.09. The van der Waals surface area contributed by atoms with E-state index in [9.17, 15) is 9.59 Å². The number of amides is 2. The molecule has 0 saturated carbocycles. The maximum atomic E-state index is 11.4. The maximum absolute atomic E-state index is 11.4. The Bertz CT molecular complexity index is 299. The van der Waals surface area contributed by atoms with E-state index < -0.39 is 23.4 Å². The average molecular weight is 289 g/mol. The molecule has 0 aromatic carbocycles. The Kier molecular flexibility index (Phi) is 6.78. The molecule has 0 fully saturated rings. The van der Waals surface area contributed by atoms with Crippen molar-refractivity contribution in [1.29, 1.82) is 0 Å². The molecule has 20 heavy (non-hydrogen) atoms. The van der Waals surface area contributed by atoms with Crippen LogP contribution in [-0.2, 0) is 9.47 Å². The second-order valence-corrected chi connectivity index (χ2v) is 6.56. The lowest BCUT2D eigenvalue weighted by Gasteiger charge is -2.22. The summed E-state index contributed by atoms with van der Waals surface area (Å²) in [6, 6.07) is -0.171. The average Bonchev–Trinajstić information content (AvgIpc) is 2.18. The number of hydrogen-bond acceptors (Lipinski definition) is 5. The zero-order chi connectivity index (χ0) is 16.0. The van der Waals surface area contributed by atoms with Gasteiger partial charge >= 0.3 is 12.2 Å². The van der Waals surface area contributed by atoms with Gasteiger partial charge in [-0.1, -0.05) is 0 Å². The monoisotopic (exact) mass is 289 g/mol. The molecule has 0 aromatic rings. The van der Waals surface area contributed by atoms with Crippen LogP contribution in [0.4, 0.5) is 9.59 Å². The van der Waals surface area contributed by atoms with Crippen LogP contribution < -0.4 is 16.2 Å². The minimum atomic E-state index is -0.568. The Balaban J connectivity index is 3.87. The summed E-state index contributed by atoms with van der Waals surface area (Å²) in [5.41, 5.74) is 4.05. The molecule has 1 atom stereocenters. The third-order valence-corrected chi connectivity index (χ3v) is 1.77. The molecule has 2 amide bonds. The molecule has 0 aromatic heterocycles. The molecule has 0 aliphatic rings. The number of carbonyl (C=O) groups is 2. The molecule has 0 bridgehead atoms. The standard InChI is InChI=1S/C13H27N3O4/c1-9(8-14-10(17)19-12(2,3)4)15-16-11(18)20-13(5,6)7/h9,15H,8H2,1-7H3,(H,14,17)(H,16,18). The molecule has 0 saturated heterocycles. The highest BCUT2D eigenvalue weighted by Gasteiger charge is 2.18. The number of nitrogens with one attached hydrogen (secondary N) is 3. The van der Waals surface area contributed by atoms with Crippen LogP contribution in [0.5, 0.6) is 0 Å². The van der Waals surface area contributed by atoms with E-state index in [0.717, 1.165) is 0 Å². The van der Waals surface area contributed by atoms with Crippen molar-refractivity contribution in [3.63, 3.8) is 0 Å². The molecular formula is C13H27N3O4. The fraction of sp³-hybridized carbons (Fsp3) is 0.846. The minimum absolute atomic E-state index is 0.171. The molecule has 0 rings (SSSR count). The van der Waals surface area contributed by atoms with E-state index in [4.69, 9.17) is 9.47 Å². The Morgan fingerprint density at radius 3 is 1.85 bits per heavy atom. The van der Waals surface area contributed by atoms with Gasteiger partial charge in [-0.15, -0.1) is 0 Å². The predicted molar refractivity (Wildman–Crippen MR) is 76.2 cm³/mol. The van der Waals surface area contributed by atoms with E-state index in [-0.39, 0.29) is 6.04 Å². The van der Waals surface area contributed by atoms with Crippen LogP contribution in [0.2, 0.25) is 0 Å². The van der Waals surface area contributed by atoms with Gasteiger partial charge in [-0.2, -0.15) is 0 Å². The molecular weight excluding hydrogens is 262 g/mol. The molecule has 7 heteroatoms. The highest BCUT2D eigenvalue weighted by molar-refractivity contribution is 5.68. The van der Waals surface area contributed by atoms with Crippen LogP contribution in [-0.4, -0.2) is 36.0 Å². The second kappa shape index (κ2) is 7.33. The van der Waals surface area contributed by atoms with Gasteiger partial charge in [0, 0.05) is 12.6 Å². The maximum Gasteiger partial charge on any atom is 0.422 e. The number of carbonyl (C=O) groups excluding carboxylic acids is 2. The van der Waals surface area contributed by atoms with E-state index in [1.54, 1.807) is 48.5 Å². The molecule has 0 radical (unpaired) electrons. The first-order valence-corrected chi connectivity index (χ1v) is 6.60. The largest absolute Gasteiger partial charge is 0.444 e. The van der Waals surface area contributed by atoms with Gasteiger partial charge < -0.3 is 14.8 Å².